The van der Waals surface area contributed by atoms with Gasteiger partial charge in [0.05, 0.1) is 18.3 Å². The van der Waals surface area contributed by atoms with Crippen LogP contribution >= 0.6 is 0 Å². The Morgan fingerprint density at radius 1 is 1.21 bits per heavy atom. The fourth-order valence-corrected chi connectivity index (χ4v) is 2.78. The number of pyridine rings is 1. The molecule has 1 aromatic carbocycles. The molecule has 0 fully saturated rings. The molecule has 2 aromatic heterocycles. The molecular weight excluding hydrogens is 306 g/mol. The summed E-state index contributed by atoms with van der Waals surface area (Å²) in [7, 11) is 1.63. The zero-order valence-corrected chi connectivity index (χ0v) is 14.1. The Balaban J connectivity index is 2.48. The number of methoxy groups -OCH3 is 1. The summed E-state index contributed by atoms with van der Waals surface area (Å²) < 4.78 is 7.03. The SMILES string of the molecule is COc1c(C(C)(C)C)cc(-n2ccc(=O)[nH]c2=O)c2ncccc12. The third-order valence-electron chi connectivity index (χ3n) is 3.92. The van der Waals surface area contributed by atoms with Gasteiger partial charge < -0.3 is 4.74 Å². The van der Waals surface area contributed by atoms with Crippen LogP contribution in [0.25, 0.3) is 16.6 Å². The van der Waals surface area contributed by atoms with E-state index in [1.165, 1.54) is 16.8 Å². The van der Waals surface area contributed by atoms with Gasteiger partial charge in [0.15, 0.2) is 0 Å². The van der Waals surface area contributed by atoms with E-state index in [2.05, 4.69) is 30.7 Å². The summed E-state index contributed by atoms with van der Waals surface area (Å²) >= 11 is 0. The highest BCUT2D eigenvalue weighted by atomic mass is 16.5. The molecule has 0 aliphatic carbocycles. The number of aromatic amines is 1. The molecular formula is C18H19N3O3. The number of benzene rings is 1. The second-order valence-corrected chi connectivity index (χ2v) is 6.61. The summed E-state index contributed by atoms with van der Waals surface area (Å²) in [6.07, 6.45) is 3.13. The summed E-state index contributed by atoms with van der Waals surface area (Å²) in [5, 5.41) is 0.820. The van der Waals surface area contributed by atoms with Crippen molar-refractivity contribution < 1.29 is 4.74 Å². The number of aromatic nitrogens is 3. The van der Waals surface area contributed by atoms with Gasteiger partial charge >= 0.3 is 5.69 Å². The molecule has 2 heterocycles. The molecule has 0 aliphatic rings. The van der Waals surface area contributed by atoms with Gasteiger partial charge in [0.2, 0.25) is 0 Å². The highest BCUT2D eigenvalue weighted by molar-refractivity contribution is 5.93. The van der Waals surface area contributed by atoms with Crippen LogP contribution in [-0.2, 0) is 5.41 Å². The van der Waals surface area contributed by atoms with Crippen LogP contribution in [-0.4, -0.2) is 21.6 Å². The lowest BCUT2D eigenvalue weighted by atomic mass is 9.85. The molecule has 24 heavy (non-hydrogen) atoms. The molecule has 0 aliphatic heterocycles. The monoisotopic (exact) mass is 325 g/mol. The maximum atomic E-state index is 12.2. The lowest BCUT2D eigenvalue weighted by Crippen LogP contribution is -2.28. The van der Waals surface area contributed by atoms with E-state index >= 15 is 0 Å². The van der Waals surface area contributed by atoms with Crippen molar-refractivity contribution in [2.45, 2.75) is 26.2 Å². The van der Waals surface area contributed by atoms with Crippen LogP contribution < -0.4 is 16.0 Å². The van der Waals surface area contributed by atoms with E-state index in [0.29, 0.717) is 11.2 Å². The molecule has 1 N–H and O–H groups in total. The fraction of sp³-hybridized carbons (Fsp3) is 0.278. The van der Waals surface area contributed by atoms with E-state index < -0.39 is 11.2 Å². The molecule has 3 rings (SSSR count). The minimum atomic E-state index is -0.500. The number of ether oxygens (including phenoxy) is 1. The molecule has 0 bridgehead atoms. The van der Waals surface area contributed by atoms with Gasteiger partial charge in [0, 0.05) is 29.4 Å². The van der Waals surface area contributed by atoms with Crippen molar-refractivity contribution in [1.29, 1.82) is 0 Å². The highest BCUT2D eigenvalue weighted by Gasteiger charge is 2.24. The lowest BCUT2D eigenvalue weighted by molar-refractivity contribution is 0.402. The first-order chi connectivity index (χ1) is 11.3. The Hall–Kier alpha value is -2.89. The first-order valence-corrected chi connectivity index (χ1v) is 7.61. The second-order valence-electron chi connectivity index (χ2n) is 6.61. The molecule has 6 nitrogen and oxygen atoms in total. The lowest BCUT2D eigenvalue weighted by Gasteiger charge is -2.24. The molecule has 0 saturated carbocycles. The third kappa shape index (κ3) is 2.60. The minimum absolute atomic E-state index is 0.198. The zero-order chi connectivity index (χ0) is 17.5. The normalized spacial score (nSPS) is 11.7. The van der Waals surface area contributed by atoms with Crippen molar-refractivity contribution in [3.8, 4) is 11.4 Å². The van der Waals surface area contributed by atoms with Gasteiger partial charge in [-0.2, -0.15) is 0 Å². The Labute approximate surface area is 138 Å². The first-order valence-electron chi connectivity index (χ1n) is 7.61. The van der Waals surface area contributed by atoms with E-state index in [1.807, 2.05) is 18.2 Å². The predicted molar refractivity (Wildman–Crippen MR) is 93.2 cm³/mol. The van der Waals surface area contributed by atoms with Crippen molar-refractivity contribution in [2.24, 2.45) is 0 Å². The molecule has 0 amide bonds. The van der Waals surface area contributed by atoms with Crippen LogP contribution in [0.2, 0.25) is 0 Å². The van der Waals surface area contributed by atoms with E-state index in [0.717, 1.165) is 16.7 Å². The minimum Gasteiger partial charge on any atom is -0.496 e. The number of nitrogens with zero attached hydrogens (tertiary/aromatic N) is 2. The standard InChI is InChI=1S/C18H19N3O3/c1-18(2,3)12-10-13(21-9-7-14(22)20-17(21)23)15-11(16(12)24-4)6-5-8-19-15/h5-10H,1-4H3,(H,20,22,23). The van der Waals surface area contributed by atoms with Crippen molar-refractivity contribution in [3.63, 3.8) is 0 Å². The number of hydrogen-bond donors (Lipinski definition) is 1. The molecule has 6 heteroatoms. The van der Waals surface area contributed by atoms with Crippen LogP contribution in [0.4, 0.5) is 0 Å². The Bertz CT molecular complexity index is 1030. The van der Waals surface area contributed by atoms with Gasteiger partial charge in [-0.25, -0.2) is 4.79 Å². The molecule has 0 atom stereocenters. The molecule has 0 spiro atoms. The average Bonchev–Trinajstić information content (AvgIpc) is 2.53. The van der Waals surface area contributed by atoms with E-state index in [1.54, 1.807) is 13.3 Å². The highest BCUT2D eigenvalue weighted by Crippen LogP contribution is 2.39. The van der Waals surface area contributed by atoms with Crippen LogP contribution in [0.3, 0.4) is 0 Å². The number of hydrogen-bond acceptors (Lipinski definition) is 4. The van der Waals surface area contributed by atoms with E-state index in [-0.39, 0.29) is 5.41 Å². The van der Waals surface area contributed by atoms with Gasteiger partial charge in [0.1, 0.15) is 5.75 Å². The molecule has 3 aromatic rings. The maximum absolute atomic E-state index is 12.2. The smallest absolute Gasteiger partial charge is 0.332 e. The van der Waals surface area contributed by atoms with Gasteiger partial charge in [-0.15, -0.1) is 0 Å². The molecule has 0 unspecified atom stereocenters. The van der Waals surface area contributed by atoms with Crippen molar-refractivity contribution in [1.82, 2.24) is 14.5 Å². The Morgan fingerprint density at radius 2 is 1.96 bits per heavy atom. The molecule has 0 saturated heterocycles. The summed E-state index contributed by atoms with van der Waals surface area (Å²) in [6.45, 7) is 6.23. The largest absolute Gasteiger partial charge is 0.496 e. The summed E-state index contributed by atoms with van der Waals surface area (Å²) in [5.41, 5.74) is 1.07. The molecule has 0 radical (unpaired) electrons. The quantitative estimate of drug-likeness (QED) is 0.785. The van der Waals surface area contributed by atoms with Gasteiger partial charge in [0.25, 0.3) is 5.56 Å². The average molecular weight is 325 g/mol. The van der Waals surface area contributed by atoms with E-state index in [9.17, 15) is 9.59 Å². The second kappa shape index (κ2) is 5.63. The van der Waals surface area contributed by atoms with Crippen LogP contribution in [0.15, 0.2) is 46.2 Å². The van der Waals surface area contributed by atoms with Crippen molar-refractivity contribution in [2.75, 3.05) is 7.11 Å². The van der Waals surface area contributed by atoms with E-state index in [4.69, 9.17) is 4.74 Å². The summed E-state index contributed by atoms with van der Waals surface area (Å²) in [5.74, 6) is 0.742. The Kier molecular flexibility index (Phi) is 3.75. The third-order valence-corrected chi connectivity index (χ3v) is 3.92. The topological polar surface area (TPSA) is 77.0 Å². The Morgan fingerprint density at radius 3 is 2.58 bits per heavy atom. The van der Waals surface area contributed by atoms with Crippen LogP contribution in [0.1, 0.15) is 26.3 Å². The number of nitrogens with one attached hydrogen (secondary N) is 1. The first kappa shape index (κ1) is 16.0. The van der Waals surface area contributed by atoms with Gasteiger partial charge in [-0.3, -0.25) is 19.3 Å². The zero-order valence-electron chi connectivity index (χ0n) is 14.1. The van der Waals surface area contributed by atoms with Crippen molar-refractivity contribution >= 4 is 10.9 Å². The summed E-state index contributed by atoms with van der Waals surface area (Å²) in [4.78, 5) is 30.3. The molecule has 124 valence electrons. The number of fused-ring (bicyclic) bond motifs is 1. The van der Waals surface area contributed by atoms with Crippen LogP contribution in [0, 0.1) is 0 Å². The maximum Gasteiger partial charge on any atom is 0.332 e. The van der Waals surface area contributed by atoms with Gasteiger partial charge in [-0.05, 0) is 23.6 Å². The van der Waals surface area contributed by atoms with Crippen molar-refractivity contribution in [3.05, 3.63) is 63.1 Å². The summed E-state index contributed by atoms with van der Waals surface area (Å²) in [6, 6.07) is 6.96. The number of H-pyrrole nitrogens is 1. The van der Waals surface area contributed by atoms with Crippen LogP contribution in [0.5, 0.6) is 5.75 Å². The fourth-order valence-electron chi connectivity index (χ4n) is 2.78. The predicted octanol–water partition coefficient (Wildman–Crippen LogP) is 2.38. The van der Waals surface area contributed by atoms with Gasteiger partial charge in [-0.1, -0.05) is 20.8 Å². The number of rotatable bonds is 2.